The van der Waals surface area contributed by atoms with E-state index in [2.05, 4.69) is 25.0 Å². The zero-order valence-corrected chi connectivity index (χ0v) is 18.6. The minimum atomic E-state index is -4.92. The number of aromatic nitrogens is 1. The molecule has 0 saturated carbocycles. The number of amides is 2. The molecule has 1 aromatic rings. The number of carbonyl (C=O) groups excluding carboxylic acids is 3. The van der Waals surface area contributed by atoms with E-state index in [-0.39, 0.29) is 51.8 Å². The van der Waals surface area contributed by atoms with Crippen molar-refractivity contribution >= 4 is 50.3 Å². The van der Waals surface area contributed by atoms with Crippen LogP contribution in [0.4, 0.5) is 5.13 Å². The molecule has 13 nitrogen and oxygen atoms in total. The van der Waals surface area contributed by atoms with Crippen molar-refractivity contribution in [2.45, 2.75) is 18.5 Å². The van der Waals surface area contributed by atoms with Gasteiger partial charge in [0.15, 0.2) is 10.8 Å². The first-order valence-electron chi connectivity index (χ1n) is 7.11. The maximum atomic E-state index is 12.5. The van der Waals surface area contributed by atoms with Crippen LogP contribution in [0, 0.1) is 0 Å². The van der Waals surface area contributed by atoms with Gasteiger partial charge in [-0.25, -0.2) is 9.29 Å². The van der Waals surface area contributed by atoms with Crippen LogP contribution in [0.15, 0.2) is 10.5 Å². The second kappa shape index (κ2) is 9.62. The number of anilines is 1. The molecule has 16 heteroatoms. The van der Waals surface area contributed by atoms with Crippen LogP contribution in [0.3, 0.4) is 0 Å². The molecule has 1 aliphatic heterocycles. The van der Waals surface area contributed by atoms with Gasteiger partial charge >= 0.3 is 45.8 Å². The Morgan fingerprint density at radius 1 is 1.50 bits per heavy atom. The second-order valence-electron chi connectivity index (χ2n) is 5.10. The molecule has 150 valence electrons. The molecular weight excluding hydrogens is 429 g/mol. The molecule has 1 fully saturated rings. The number of nitrogens with one attached hydrogen (secondary N) is 1. The predicted octanol–water partition coefficient (Wildman–Crippen LogP) is -4.75. The van der Waals surface area contributed by atoms with Crippen LogP contribution in [0.25, 0.3) is 0 Å². The summed E-state index contributed by atoms with van der Waals surface area (Å²) in [4.78, 5) is 44.4. The van der Waals surface area contributed by atoms with Crippen LogP contribution in [0.5, 0.6) is 0 Å². The monoisotopic (exact) mass is 445 g/mol. The third kappa shape index (κ3) is 5.18. The summed E-state index contributed by atoms with van der Waals surface area (Å²) in [7, 11) is -2.69. The smallest absolute Gasteiger partial charge is 1.00 e. The van der Waals surface area contributed by atoms with Crippen molar-refractivity contribution in [3.8, 4) is 0 Å². The van der Waals surface area contributed by atoms with Crippen LogP contribution < -0.4 is 40.6 Å². The molecule has 0 bridgehead atoms. The van der Waals surface area contributed by atoms with Gasteiger partial charge in [0.1, 0.15) is 18.8 Å². The fourth-order valence-corrected chi connectivity index (χ4v) is 3.74. The number of methoxy groups -OCH3 is 1. The number of β-lactam (4-membered cyclic amide) rings is 1. The number of hydrogen-bond donors (Lipinski definition) is 3. The van der Waals surface area contributed by atoms with E-state index in [1.807, 2.05) is 0 Å². The van der Waals surface area contributed by atoms with Crippen LogP contribution in [0.1, 0.15) is 13.5 Å². The Morgan fingerprint density at radius 3 is 2.61 bits per heavy atom. The first-order valence-corrected chi connectivity index (χ1v) is 9.38. The Hall–Kier alpha value is -1.78. The Balaban J connectivity index is 0.00000392. The Labute approximate surface area is 186 Å². The third-order valence-corrected chi connectivity index (χ3v) is 5.09. The molecule has 0 radical (unpaired) electrons. The molecule has 1 aliphatic rings. The van der Waals surface area contributed by atoms with Gasteiger partial charge in [-0.15, -0.1) is 11.3 Å². The number of esters is 1. The number of nitrogen functional groups attached to an aromatic ring is 1. The summed E-state index contributed by atoms with van der Waals surface area (Å²) in [6, 6.07) is -2.79. The molecule has 2 rings (SSSR count). The summed E-state index contributed by atoms with van der Waals surface area (Å²) in [5.74, 6) is -2.90. The first-order chi connectivity index (χ1) is 12.6. The average Bonchev–Trinajstić information content (AvgIpc) is 3.01. The van der Waals surface area contributed by atoms with E-state index in [0.717, 1.165) is 18.4 Å². The zero-order valence-electron chi connectivity index (χ0n) is 16.0. The van der Waals surface area contributed by atoms with Gasteiger partial charge < -0.3 is 22.1 Å². The van der Waals surface area contributed by atoms with Crippen LogP contribution in [0.2, 0.25) is 0 Å². The van der Waals surface area contributed by atoms with E-state index in [1.54, 1.807) is 0 Å². The normalized spacial score (nSPS) is 19.3. The SMILES string of the molecule is CON=C(C(=O)NC1C(=O)N(S(=O)(=O)O)C1CC(=O)OC)c1csc(N)n1.[H-].[Na+]. The molecule has 1 saturated heterocycles. The molecule has 4 N–H and O–H groups in total. The van der Waals surface area contributed by atoms with Crippen molar-refractivity contribution in [3.63, 3.8) is 0 Å². The van der Waals surface area contributed by atoms with Crippen LogP contribution in [-0.4, -0.2) is 72.1 Å². The Morgan fingerprint density at radius 2 is 2.14 bits per heavy atom. The Bertz CT molecular complexity index is 908. The summed E-state index contributed by atoms with van der Waals surface area (Å²) >= 11 is 1.03. The van der Waals surface area contributed by atoms with Crippen molar-refractivity contribution in [3.05, 3.63) is 11.1 Å². The molecule has 2 heterocycles. The molecule has 0 aliphatic carbocycles. The molecule has 2 unspecified atom stereocenters. The largest absolute Gasteiger partial charge is 1.00 e. The molecule has 0 aromatic carbocycles. The topological polar surface area (TPSA) is 191 Å². The Kier molecular flexibility index (Phi) is 8.33. The minimum absolute atomic E-state index is 0. The molecular formula is C12H16N5NaO8S2. The van der Waals surface area contributed by atoms with E-state index in [9.17, 15) is 22.8 Å². The van der Waals surface area contributed by atoms with Gasteiger partial charge in [-0.1, -0.05) is 5.16 Å². The number of nitrogens with zero attached hydrogens (tertiary/aromatic N) is 3. The molecule has 2 atom stereocenters. The standard InChI is InChI=1S/C12H15N5O8S2.Na.H/c1-24-7(18)3-6-9(11(20)17(6)27(21,22)23)15-10(19)8(16-25-2)5-4-26-12(13)14-5;;/h4,6,9H,3H2,1-2H3,(H2,13,14)(H,15,19)(H,21,22,23);;/q;+1;-1. The first kappa shape index (κ1) is 24.3. The van der Waals surface area contributed by atoms with Gasteiger partial charge in [-0.05, 0) is 0 Å². The third-order valence-electron chi connectivity index (χ3n) is 3.47. The average molecular weight is 445 g/mol. The second-order valence-corrected chi connectivity index (χ2v) is 7.28. The zero-order chi connectivity index (χ0) is 20.4. The van der Waals surface area contributed by atoms with E-state index >= 15 is 0 Å². The van der Waals surface area contributed by atoms with Crippen molar-refractivity contribution in [2.24, 2.45) is 5.16 Å². The summed E-state index contributed by atoms with van der Waals surface area (Å²) in [5.41, 5.74) is 5.26. The number of hydrogen-bond acceptors (Lipinski definition) is 11. The molecule has 0 spiro atoms. The van der Waals surface area contributed by atoms with Gasteiger partial charge in [0, 0.05) is 5.38 Å². The van der Waals surface area contributed by atoms with E-state index in [4.69, 9.17) is 10.3 Å². The molecule has 1 aromatic heterocycles. The van der Waals surface area contributed by atoms with Crippen molar-refractivity contribution < 1.29 is 67.9 Å². The van der Waals surface area contributed by atoms with E-state index < -0.39 is 46.6 Å². The van der Waals surface area contributed by atoms with Gasteiger partial charge in [0.25, 0.3) is 11.8 Å². The number of thiazole rings is 1. The number of nitrogens with two attached hydrogens (primary N) is 1. The summed E-state index contributed by atoms with van der Waals surface area (Å²) in [6.45, 7) is 0. The maximum Gasteiger partial charge on any atom is 1.00 e. The number of ether oxygens (including phenoxy) is 1. The van der Waals surface area contributed by atoms with Gasteiger partial charge in [0.2, 0.25) is 0 Å². The number of carbonyl (C=O) groups is 3. The van der Waals surface area contributed by atoms with Crippen molar-refractivity contribution in [1.82, 2.24) is 14.6 Å². The van der Waals surface area contributed by atoms with Gasteiger partial charge in [-0.3, -0.25) is 18.9 Å². The molecule has 28 heavy (non-hydrogen) atoms. The summed E-state index contributed by atoms with van der Waals surface area (Å²) < 4.78 is 36.3. The van der Waals surface area contributed by atoms with E-state index in [0.29, 0.717) is 0 Å². The summed E-state index contributed by atoms with van der Waals surface area (Å²) in [5, 5.41) is 7.34. The van der Waals surface area contributed by atoms with Crippen LogP contribution >= 0.6 is 11.3 Å². The fourth-order valence-electron chi connectivity index (χ4n) is 2.32. The number of oxime groups is 1. The fraction of sp³-hybridized carbons (Fsp3) is 0.417. The number of rotatable bonds is 7. The van der Waals surface area contributed by atoms with Gasteiger partial charge in [0.05, 0.1) is 19.6 Å². The summed E-state index contributed by atoms with van der Waals surface area (Å²) in [6.07, 6.45) is -0.576. The molecule has 2 amide bonds. The predicted molar refractivity (Wildman–Crippen MR) is 91.9 cm³/mol. The quantitative estimate of drug-likeness (QED) is 0.0917. The van der Waals surface area contributed by atoms with Crippen LogP contribution in [-0.2, 0) is 34.3 Å². The van der Waals surface area contributed by atoms with Crippen molar-refractivity contribution in [2.75, 3.05) is 20.0 Å². The van der Waals surface area contributed by atoms with E-state index in [1.165, 1.54) is 12.5 Å². The minimum Gasteiger partial charge on any atom is -1.00 e. The van der Waals surface area contributed by atoms with Gasteiger partial charge in [-0.2, -0.15) is 8.42 Å². The van der Waals surface area contributed by atoms with Crippen molar-refractivity contribution in [1.29, 1.82) is 0 Å². The maximum absolute atomic E-state index is 12.5.